The molecule has 2 aliphatic heterocycles. The van der Waals surface area contributed by atoms with Gasteiger partial charge in [0.2, 0.25) is 35.6 Å². The fourth-order valence-corrected chi connectivity index (χ4v) is 15.9. The van der Waals surface area contributed by atoms with Crippen LogP contribution in [0, 0.1) is 0 Å². The van der Waals surface area contributed by atoms with E-state index in [-0.39, 0.29) is 17.7 Å². The van der Waals surface area contributed by atoms with Crippen molar-refractivity contribution in [1.29, 1.82) is 0 Å². The van der Waals surface area contributed by atoms with Gasteiger partial charge in [0, 0.05) is 190 Å². The van der Waals surface area contributed by atoms with Crippen LogP contribution in [-0.2, 0) is 19.1 Å². The van der Waals surface area contributed by atoms with Gasteiger partial charge in [0.1, 0.15) is 17.2 Å². The van der Waals surface area contributed by atoms with Crippen LogP contribution in [0.4, 0.5) is 69.0 Å². The van der Waals surface area contributed by atoms with E-state index in [9.17, 15) is 14.4 Å². The number of likely N-dealkylation sites (tertiary alicyclic amines) is 1. The minimum Gasteiger partial charge on any atom is -0.494 e. The average molecular weight is 1680 g/mol. The molecule has 3 amide bonds. The van der Waals surface area contributed by atoms with E-state index < -0.39 is 0 Å². The summed E-state index contributed by atoms with van der Waals surface area (Å²) in [6.45, 7) is 21.5. The van der Waals surface area contributed by atoms with Gasteiger partial charge in [-0.1, -0.05) is 85.9 Å². The van der Waals surface area contributed by atoms with Crippen molar-refractivity contribution in [1.82, 2.24) is 58.3 Å². The molecule has 2 saturated heterocycles. The molecule has 6 aromatic heterocycles. The second kappa shape index (κ2) is 38.9. The lowest BCUT2D eigenvalue weighted by molar-refractivity contribution is -0.112. The van der Waals surface area contributed by atoms with E-state index >= 15 is 0 Å². The van der Waals surface area contributed by atoms with Gasteiger partial charge in [0.25, 0.3) is 0 Å². The number of ether oxygens (including phenoxy) is 4. The fraction of sp³-hybridized carbons (Fsp3) is 0.330. The largest absolute Gasteiger partial charge is 0.494 e. The van der Waals surface area contributed by atoms with Crippen LogP contribution in [-0.4, -0.2) is 211 Å². The second-order valence-corrected chi connectivity index (χ2v) is 32.2. The number of nitrogens with zero attached hydrogens (tertiary/aromatic N) is 15. The molecule has 6 N–H and O–H groups in total. The molecule has 0 radical (unpaired) electrons. The van der Waals surface area contributed by atoms with Crippen LogP contribution in [0.2, 0.25) is 5.02 Å². The van der Waals surface area contributed by atoms with Gasteiger partial charge in [-0.3, -0.25) is 19.3 Å². The van der Waals surface area contributed by atoms with Gasteiger partial charge in [-0.15, -0.1) is 0 Å². The number of nitrogens with one attached hydrogen (secondary N) is 6. The number of rotatable bonds is 33. The van der Waals surface area contributed by atoms with E-state index in [1.54, 1.807) is 39.9 Å². The van der Waals surface area contributed by atoms with Crippen molar-refractivity contribution < 1.29 is 33.3 Å². The number of methoxy groups -OCH3 is 3. The summed E-state index contributed by atoms with van der Waals surface area (Å²) in [5.74, 6) is 2.17. The number of hydrogen-bond acceptors (Lipinski definition) is 22. The van der Waals surface area contributed by atoms with Gasteiger partial charge in [-0.05, 0) is 145 Å². The number of carbonyl (C=O) groups excluding carboxylic acids is 3. The summed E-state index contributed by atoms with van der Waals surface area (Å²) in [4.78, 5) is 78.4. The fourth-order valence-electron chi connectivity index (χ4n) is 15.7. The third-order valence-corrected chi connectivity index (χ3v) is 23.1. The zero-order valence-electron chi connectivity index (χ0n) is 71.2. The number of amides is 3. The molecule has 123 heavy (non-hydrogen) atoms. The van der Waals surface area contributed by atoms with E-state index in [4.69, 9.17) is 45.5 Å². The van der Waals surface area contributed by atoms with Crippen LogP contribution in [0.5, 0.6) is 17.2 Å². The summed E-state index contributed by atoms with van der Waals surface area (Å²) in [5.41, 5.74) is 15.4. The monoisotopic (exact) mass is 1680 g/mol. The molecule has 5 fully saturated rings. The Labute approximate surface area is 722 Å². The molecule has 17 rings (SSSR count). The van der Waals surface area contributed by atoms with Crippen molar-refractivity contribution in [2.75, 3.05) is 182 Å². The second-order valence-electron chi connectivity index (χ2n) is 31.8. The normalized spacial score (nSPS) is 14.5. The smallest absolute Gasteiger partial charge is 0.247 e. The standard InChI is InChI=1S/C32H37N7O3.C32H37N7O2.C30H34ClN7O2/c1-4-31(40)34-26-19-27(30(41-3)20-29(26)37(2)13-14-38-15-17-42-18-16-38)36-32-33-12-11-25(35-32)24-21-39(22-9-10-22)28-8-6-5-7-23(24)28;1-4-31(40)34-26-19-27(30(41-3)20-29(26)37(2)17-18-38-15-7-8-16-38)36-32-33-14-13-25(35-32)24-21-39(22-11-12-22)28-10-6-5-9-23(24)28;1-6-28(39)33-23-15-24(27(40-5)16-26(23)37(4)14-13-36(2)3)34-30-32-17-22(31)29(35-30)21-18-38(19-11-12-19)25-10-8-7-9-20(21)25/h4-8,11-12,19-22H,1,9-10,13-18H2,2-3H3,(H,34,40)(H,33,35,36);4-6,9-10,13-14,19-22H,1,7-8,11-12,15-18H2,2-3H3,(H,34,40)(H,33,35,36);6-10,15-19H,1,11-14H2,2-5H3,(H,33,39)(H,32,34,35). The van der Waals surface area contributed by atoms with Crippen molar-refractivity contribution in [2.24, 2.45) is 0 Å². The van der Waals surface area contributed by atoms with Crippen molar-refractivity contribution in [3.05, 3.63) is 201 Å². The van der Waals surface area contributed by atoms with Gasteiger partial charge in [0.15, 0.2) is 0 Å². The Kier molecular flexibility index (Phi) is 26.9. The Morgan fingerprint density at radius 3 is 1.21 bits per heavy atom. The SMILES string of the molecule is C=CC(=O)Nc1cc(Nc2ncc(Cl)c(-c3cn(C4CC4)c4ccccc34)n2)c(OC)cc1N(C)CCN(C)C.C=CC(=O)Nc1cc(Nc2nccc(-c3cn(C4CC4)c4ccccc34)n2)c(OC)cc1N(C)CCN1CCCC1.C=CC(=O)Nc1cc(Nc2nccc(-c3cn(C4CC4)c4ccccc34)n2)c(OC)cc1N(C)CCN1CCOCC1. The number of carbonyl (C=O) groups is 3. The first kappa shape index (κ1) is 85.1. The predicted octanol–water partition coefficient (Wildman–Crippen LogP) is 16.9. The average Bonchev–Trinajstić information content (AvgIpc) is 1.61. The molecule has 6 aromatic carbocycles. The molecule has 0 unspecified atom stereocenters. The highest BCUT2D eigenvalue weighted by Gasteiger charge is 2.31. The molecule has 28 nitrogen and oxygen atoms in total. The molecular formula is C94H108ClN21O7. The molecule has 3 aliphatic carbocycles. The van der Waals surface area contributed by atoms with E-state index in [2.05, 4.69) is 195 Å². The highest BCUT2D eigenvalue weighted by molar-refractivity contribution is 6.33. The highest BCUT2D eigenvalue weighted by atomic mass is 35.5. The Morgan fingerprint density at radius 1 is 0.463 bits per heavy atom. The lowest BCUT2D eigenvalue weighted by Gasteiger charge is -2.30. The predicted molar refractivity (Wildman–Crippen MR) is 495 cm³/mol. The lowest BCUT2D eigenvalue weighted by atomic mass is 10.1. The Bertz CT molecular complexity index is 5840. The maximum absolute atomic E-state index is 12.4. The summed E-state index contributed by atoms with van der Waals surface area (Å²) < 4.78 is 29.8. The lowest BCUT2D eigenvalue weighted by Crippen LogP contribution is -2.40. The summed E-state index contributed by atoms with van der Waals surface area (Å²) >= 11 is 6.65. The van der Waals surface area contributed by atoms with Crippen LogP contribution >= 0.6 is 11.6 Å². The number of fused-ring (bicyclic) bond motifs is 3. The van der Waals surface area contributed by atoms with E-state index in [0.29, 0.717) is 98.1 Å². The first-order valence-corrected chi connectivity index (χ1v) is 42.3. The number of morpholine rings is 1. The summed E-state index contributed by atoms with van der Waals surface area (Å²) in [5, 5.41) is 22.7. The summed E-state index contributed by atoms with van der Waals surface area (Å²) in [6.07, 6.45) is 25.2. The number of para-hydroxylation sites is 3. The molecule has 638 valence electrons. The number of hydrogen-bond donors (Lipinski definition) is 6. The zero-order valence-corrected chi connectivity index (χ0v) is 71.9. The molecule has 29 heteroatoms. The first-order valence-electron chi connectivity index (χ1n) is 41.9. The number of halogens is 1. The minimum atomic E-state index is -0.310. The highest BCUT2D eigenvalue weighted by Crippen LogP contribution is 2.47. The van der Waals surface area contributed by atoms with E-state index in [0.717, 1.165) is 129 Å². The van der Waals surface area contributed by atoms with Gasteiger partial charge in [0.05, 0.1) is 114 Å². The van der Waals surface area contributed by atoms with Crippen molar-refractivity contribution in [2.45, 2.75) is 69.5 Å². The molecule has 0 atom stereocenters. The van der Waals surface area contributed by atoms with Crippen molar-refractivity contribution >= 4 is 131 Å². The van der Waals surface area contributed by atoms with Crippen LogP contribution in [0.3, 0.4) is 0 Å². The molecule has 5 aliphatic rings. The summed E-state index contributed by atoms with van der Waals surface area (Å²) in [6, 6.07) is 42.0. The van der Waals surface area contributed by atoms with Gasteiger partial charge < -0.3 is 89.0 Å². The van der Waals surface area contributed by atoms with Gasteiger partial charge in [-0.2, -0.15) is 0 Å². The summed E-state index contributed by atoms with van der Waals surface area (Å²) in [7, 11) is 14.9. The van der Waals surface area contributed by atoms with Gasteiger partial charge in [-0.25, -0.2) is 29.9 Å². The Morgan fingerprint density at radius 2 is 0.829 bits per heavy atom. The van der Waals surface area contributed by atoms with Crippen molar-refractivity contribution in [3.8, 4) is 51.0 Å². The molecule has 0 spiro atoms. The Balaban J connectivity index is 0.000000143. The maximum atomic E-state index is 12.4. The third kappa shape index (κ3) is 20.3. The number of aromatic nitrogens is 9. The van der Waals surface area contributed by atoms with Crippen LogP contribution in [0.1, 0.15) is 69.5 Å². The molecule has 0 bridgehead atoms. The quantitative estimate of drug-likeness (QED) is 0.0209. The number of anilines is 12. The van der Waals surface area contributed by atoms with E-state index in [1.165, 1.54) is 96.9 Å². The molecule has 12 aromatic rings. The maximum Gasteiger partial charge on any atom is 0.247 e. The van der Waals surface area contributed by atoms with Gasteiger partial charge >= 0.3 is 0 Å². The van der Waals surface area contributed by atoms with Crippen LogP contribution < -0.4 is 60.8 Å². The minimum absolute atomic E-state index is 0.277. The topological polar surface area (TPSA) is 272 Å². The van der Waals surface area contributed by atoms with E-state index in [1.807, 2.05) is 89.8 Å². The number of likely N-dealkylation sites (N-methyl/N-ethyl adjacent to an activating group) is 4. The Hall–Kier alpha value is -12.9. The zero-order chi connectivity index (χ0) is 85.8. The number of benzene rings is 6. The molecule has 3 saturated carbocycles. The third-order valence-electron chi connectivity index (χ3n) is 22.8. The van der Waals surface area contributed by atoms with Crippen LogP contribution in [0.25, 0.3) is 66.5 Å². The first-order chi connectivity index (χ1) is 59.8. The van der Waals surface area contributed by atoms with Crippen molar-refractivity contribution in [3.63, 3.8) is 0 Å². The van der Waals surface area contributed by atoms with Crippen LogP contribution in [0.15, 0.2) is 196 Å². The molecular weight excluding hydrogens is 1570 g/mol. The molecule has 8 heterocycles.